The van der Waals surface area contributed by atoms with E-state index in [2.05, 4.69) is 11.1 Å². The standard InChI is InChI=1S/C28H22ClN3O4/c1-27-19-12-20(19)28(36-27,10-11-35-22-9-7-16(29)14-31-22)24-23(27)25(33)32(26(24)34)21-8-6-15(13-30)17-4-2-3-5-18(17)21/h2-9,14,19-20,23-24H,10-12H2,1H3/t19-,20+,23-,24+,27?,28?/m1/s1. The van der Waals surface area contributed by atoms with Gasteiger partial charge in [0.15, 0.2) is 0 Å². The first-order chi connectivity index (χ1) is 17.4. The first kappa shape index (κ1) is 21.8. The highest BCUT2D eigenvalue weighted by Crippen LogP contribution is 2.75. The quantitative estimate of drug-likeness (QED) is 0.479. The lowest BCUT2D eigenvalue weighted by atomic mass is 9.67. The van der Waals surface area contributed by atoms with E-state index in [0.717, 1.165) is 11.8 Å². The number of aromatic nitrogens is 1. The molecule has 3 saturated heterocycles. The molecule has 6 atom stereocenters. The van der Waals surface area contributed by atoms with Crippen molar-refractivity contribution in [3.63, 3.8) is 0 Å². The van der Waals surface area contributed by atoms with Crippen molar-refractivity contribution in [3.05, 3.63) is 65.3 Å². The molecule has 1 aromatic heterocycles. The second-order valence-electron chi connectivity index (χ2n) is 10.4. The molecule has 0 N–H and O–H groups in total. The molecule has 0 spiro atoms. The van der Waals surface area contributed by atoms with Gasteiger partial charge in [-0.15, -0.1) is 0 Å². The summed E-state index contributed by atoms with van der Waals surface area (Å²) in [6.45, 7) is 2.32. The Bertz CT molecular complexity index is 1500. The van der Waals surface area contributed by atoms with Crippen LogP contribution in [0.15, 0.2) is 54.7 Å². The Morgan fingerprint density at radius 3 is 2.64 bits per heavy atom. The fourth-order valence-corrected chi connectivity index (χ4v) is 7.34. The number of benzene rings is 2. The van der Waals surface area contributed by atoms with Gasteiger partial charge in [-0.2, -0.15) is 5.26 Å². The highest BCUT2D eigenvalue weighted by atomic mass is 35.5. The lowest BCUT2D eigenvalue weighted by molar-refractivity contribution is -0.135. The van der Waals surface area contributed by atoms with E-state index < -0.39 is 23.0 Å². The predicted octanol–water partition coefficient (Wildman–Crippen LogP) is 4.51. The number of amides is 2. The zero-order chi connectivity index (χ0) is 24.8. The van der Waals surface area contributed by atoms with Crippen LogP contribution in [0.4, 0.5) is 5.69 Å². The van der Waals surface area contributed by atoms with Gasteiger partial charge in [-0.05, 0) is 43.4 Å². The van der Waals surface area contributed by atoms with Gasteiger partial charge in [0.1, 0.15) is 0 Å². The van der Waals surface area contributed by atoms with Gasteiger partial charge in [0.2, 0.25) is 17.7 Å². The number of fused-ring (bicyclic) bond motifs is 9. The second-order valence-corrected chi connectivity index (χ2v) is 10.8. The maximum atomic E-state index is 14.1. The smallest absolute Gasteiger partial charge is 0.240 e. The number of nitrogens with zero attached hydrogens (tertiary/aromatic N) is 3. The van der Waals surface area contributed by atoms with E-state index >= 15 is 0 Å². The Labute approximate surface area is 212 Å². The van der Waals surface area contributed by atoms with Crippen LogP contribution in [0, 0.1) is 35.0 Å². The maximum Gasteiger partial charge on any atom is 0.240 e. The van der Waals surface area contributed by atoms with E-state index in [1.54, 1.807) is 24.3 Å². The van der Waals surface area contributed by atoms with Crippen molar-refractivity contribution in [2.45, 2.75) is 31.0 Å². The van der Waals surface area contributed by atoms with Crippen molar-refractivity contribution < 1.29 is 19.1 Å². The first-order valence-electron chi connectivity index (χ1n) is 12.1. The maximum absolute atomic E-state index is 14.1. The van der Waals surface area contributed by atoms with E-state index in [1.165, 1.54) is 11.1 Å². The molecule has 2 amide bonds. The largest absolute Gasteiger partial charge is 0.478 e. The number of anilines is 1. The fourth-order valence-electron chi connectivity index (χ4n) is 7.22. The van der Waals surface area contributed by atoms with Crippen LogP contribution in [-0.4, -0.2) is 34.6 Å². The molecule has 0 radical (unpaired) electrons. The van der Waals surface area contributed by atoms with E-state index in [-0.39, 0.29) is 23.7 Å². The van der Waals surface area contributed by atoms with Gasteiger partial charge >= 0.3 is 0 Å². The number of rotatable bonds is 5. The molecule has 2 unspecified atom stereocenters. The third kappa shape index (κ3) is 2.69. The third-order valence-electron chi connectivity index (χ3n) is 8.72. The SMILES string of the molecule is CC12OC(CCOc3ccc(Cl)cn3)([C@@H]3C(=O)N(c4ccc(C#N)c5ccccc45)C(=O)[C@@H]31)[C@H]1C[C@H]12. The zero-order valence-electron chi connectivity index (χ0n) is 19.5. The number of imide groups is 1. The fraction of sp³-hybridized carbons (Fsp3) is 0.357. The van der Waals surface area contributed by atoms with Crippen LogP contribution in [0.5, 0.6) is 5.88 Å². The Hall–Kier alpha value is -3.47. The number of pyridine rings is 1. The summed E-state index contributed by atoms with van der Waals surface area (Å²) >= 11 is 5.92. The number of hydrogen-bond donors (Lipinski definition) is 0. The predicted molar refractivity (Wildman–Crippen MR) is 131 cm³/mol. The summed E-state index contributed by atoms with van der Waals surface area (Å²) in [5.41, 5.74) is -0.366. The second kappa shape index (κ2) is 7.28. The van der Waals surface area contributed by atoms with Crippen molar-refractivity contribution in [3.8, 4) is 11.9 Å². The number of hydrogen-bond acceptors (Lipinski definition) is 6. The van der Waals surface area contributed by atoms with Crippen molar-refractivity contribution >= 4 is 39.9 Å². The summed E-state index contributed by atoms with van der Waals surface area (Å²) in [5, 5.41) is 11.5. The number of carbonyl (C=O) groups excluding carboxylic acids is 2. The highest BCUT2D eigenvalue weighted by Gasteiger charge is 2.84. The number of ether oxygens (including phenoxy) is 2. The number of halogens is 1. The molecule has 4 aliphatic rings. The Balaban J connectivity index is 1.25. The lowest BCUT2D eigenvalue weighted by Gasteiger charge is -2.32. The summed E-state index contributed by atoms with van der Waals surface area (Å²) in [4.78, 5) is 33.5. The molecule has 8 heteroatoms. The van der Waals surface area contributed by atoms with Crippen LogP contribution >= 0.6 is 11.6 Å². The van der Waals surface area contributed by atoms with Crippen LogP contribution in [0.25, 0.3) is 10.8 Å². The van der Waals surface area contributed by atoms with Crippen molar-refractivity contribution in [2.75, 3.05) is 11.5 Å². The first-order valence-corrected chi connectivity index (χ1v) is 12.5. The van der Waals surface area contributed by atoms with Crippen LogP contribution in [0.2, 0.25) is 5.02 Å². The molecule has 3 aromatic rings. The van der Waals surface area contributed by atoms with Crippen LogP contribution in [0.1, 0.15) is 25.3 Å². The lowest BCUT2D eigenvalue weighted by Crippen LogP contribution is -2.45. The molecule has 4 fully saturated rings. The van der Waals surface area contributed by atoms with Crippen molar-refractivity contribution in [1.29, 1.82) is 5.26 Å². The molecule has 7 rings (SSSR count). The highest BCUT2D eigenvalue weighted by molar-refractivity contribution is 6.30. The Kier molecular flexibility index (Phi) is 4.41. The van der Waals surface area contributed by atoms with Gasteiger partial charge in [-0.1, -0.05) is 35.9 Å². The van der Waals surface area contributed by atoms with Gasteiger partial charge in [0, 0.05) is 29.5 Å². The summed E-state index contributed by atoms with van der Waals surface area (Å²) < 4.78 is 12.5. The van der Waals surface area contributed by atoms with E-state index in [4.69, 9.17) is 21.1 Å². The molecule has 7 nitrogen and oxygen atoms in total. The zero-order valence-corrected chi connectivity index (χ0v) is 20.2. The summed E-state index contributed by atoms with van der Waals surface area (Å²) in [7, 11) is 0. The van der Waals surface area contributed by atoms with E-state index in [0.29, 0.717) is 40.6 Å². The van der Waals surface area contributed by atoms with Crippen molar-refractivity contribution in [1.82, 2.24) is 4.98 Å². The molecule has 1 aliphatic carbocycles. The molecule has 180 valence electrons. The van der Waals surface area contributed by atoms with Gasteiger partial charge in [-0.25, -0.2) is 9.88 Å². The molecular weight excluding hydrogens is 478 g/mol. The van der Waals surface area contributed by atoms with Gasteiger partial charge < -0.3 is 9.47 Å². The molecule has 4 heterocycles. The summed E-state index contributed by atoms with van der Waals surface area (Å²) in [6, 6.07) is 16.4. The minimum Gasteiger partial charge on any atom is -0.478 e. The van der Waals surface area contributed by atoms with E-state index in [9.17, 15) is 14.9 Å². The summed E-state index contributed by atoms with van der Waals surface area (Å²) in [6.07, 6.45) is 2.99. The molecule has 3 aliphatic heterocycles. The topological polar surface area (TPSA) is 92.5 Å². The molecule has 36 heavy (non-hydrogen) atoms. The summed E-state index contributed by atoms with van der Waals surface area (Å²) in [5.74, 6) is -0.570. The number of nitriles is 1. The molecule has 2 bridgehead atoms. The average Bonchev–Trinajstić information content (AvgIpc) is 3.54. The molecule has 2 aromatic carbocycles. The van der Waals surface area contributed by atoms with Crippen LogP contribution in [0.3, 0.4) is 0 Å². The number of carbonyl (C=O) groups is 2. The molecule has 1 saturated carbocycles. The van der Waals surface area contributed by atoms with Gasteiger partial charge in [-0.3, -0.25) is 9.59 Å². The van der Waals surface area contributed by atoms with E-state index in [1.807, 2.05) is 31.2 Å². The monoisotopic (exact) mass is 499 g/mol. The van der Waals surface area contributed by atoms with Crippen LogP contribution in [-0.2, 0) is 14.3 Å². The Morgan fingerprint density at radius 1 is 1.11 bits per heavy atom. The van der Waals surface area contributed by atoms with Crippen LogP contribution < -0.4 is 9.64 Å². The third-order valence-corrected chi connectivity index (χ3v) is 8.94. The minimum absolute atomic E-state index is 0.213. The molecular formula is C28H22ClN3O4. The van der Waals surface area contributed by atoms with Gasteiger partial charge in [0.25, 0.3) is 0 Å². The normalized spacial score (nSPS) is 33.5. The average molecular weight is 500 g/mol. The minimum atomic E-state index is -0.736. The Morgan fingerprint density at radius 2 is 1.89 bits per heavy atom. The van der Waals surface area contributed by atoms with Crippen molar-refractivity contribution in [2.24, 2.45) is 23.7 Å². The van der Waals surface area contributed by atoms with Gasteiger partial charge in [0.05, 0.1) is 52.0 Å².